The minimum atomic E-state index is -4.45. The third-order valence-corrected chi connectivity index (χ3v) is 2.45. The van der Waals surface area contributed by atoms with Gasteiger partial charge in [0, 0.05) is 10.0 Å². The van der Waals surface area contributed by atoms with Crippen molar-refractivity contribution in [3.8, 4) is 0 Å². The molecule has 0 bridgehead atoms. The van der Waals surface area contributed by atoms with E-state index >= 15 is 0 Å². The van der Waals surface area contributed by atoms with E-state index < -0.39 is 24.7 Å². The number of hydrogen-bond acceptors (Lipinski definition) is 2. The Labute approximate surface area is 111 Å². The summed E-state index contributed by atoms with van der Waals surface area (Å²) < 4.78 is 36.3. The van der Waals surface area contributed by atoms with Crippen LogP contribution in [-0.2, 0) is 4.79 Å². The summed E-state index contributed by atoms with van der Waals surface area (Å²) in [5.74, 6) is -0.947. The predicted octanol–water partition coefficient (Wildman–Crippen LogP) is 2.67. The lowest BCUT2D eigenvalue weighted by atomic mass is 10.1. The van der Waals surface area contributed by atoms with Crippen molar-refractivity contribution in [2.24, 2.45) is 5.73 Å². The molecule has 0 aromatic heterocycles. The third kappa shape index (κ3) is 4.72. The molecule has 0 saturated carbocycles. The topological polar surface area (TPSA) is 55.1 Å². The molecule has 100 valence electrons. The van der Waals surface area contributed by atoms with Crippen LogP contribution in [0.5, 0.6) is 0 Å². The molecule has 0 aliphatic heterocycles. The number of amides is 1. The van der Waals surface area contributed by atoms with Gasteiger partial charge in [0.25, 0.3) is 0 Å². The molecule has 0 saturated heterocycles. The molecule has 1 atom stereocenters. The zero-order valence-corrected chi connectivity index (χ0v) is 10.4. The minimum Gasteiger partial charge on any atom is -0.368 e. The maximum absolute atomic E-state index is 12.1. The van der Waals surface area contributed by atoms with E-state index in [2.05, 4.69) is 0 Å². The van der Waals surface area contributed by atoms with E-state index in [9.17, 15) is 18.0 Å². The van der Waals surface area contributed by atoms with Gasteiger partial charge in [-0.1, -0.05) is 23.2 Å². The minimum absolute atomic E-state index is 0.184. The summed E-state index contributed by atoms with van der Waals surface area (Å²) >= 11 is 11.4. The van der Waals surface area contributed by atoms with Gasteiger partial charge in [0.05, 0.1) is 6.54 Å². The smallest absolute Gasteiger partial charge is 0.368 e. The molecule has 1 aromatic rings. The standard InChI is InChI=1S/C10H9Cl2F3N2O/c11-6-1-5(2-7(12)3-6)8(9(16)18)17-4-10(13,14)15/h1-3,8,17H,4H2,(H2,16,18). The maximum Gasteiger partial charge on any atom is 0.401 e. The predicted molar refractivity (Wildman–Crippen MR) is 62.5 cm³/mol. The highest BCUT2D eigenvalue weighted by Gasteiger charge is 2.30. The fourth-order valence-corrected chi connectivity index (χ4v) is 1.89. The SMILES string of the molecule is NC(=O)C(NCC(F)(F)F)c1cc(Cl)cc(Cl)c1. The first kappa shape index (κ1) is 15.1. The molecule has 18 heavy (non-hydrogen) atoms. The van der Waals surface area contributed by atoms with E-state index in [1.165, 1.54) is 18.2 Å². The van der Waals surface area contributed by atoms with Crippen molar-refractivity contribution < 1.29 is 18.0 Å². The molecule has 1 amide bonds. The van der Waals surface area contributed by atoms with Gasteiger partial charge in [0.15, 0.2) is 0 Å². The lowest BCUT2D eigenvalue weighted by Gasteiger charge is -2.17. The van der Waals surface area contributed by atoms with Gasteiger partial charge in [-0.05, 0) is 23.8 Å². The Morgan fingerprint density at radius 1 is 1.28 bits per heavy atom. The van der Waals surface area contributed by atoms with E-state index in [1.807, 2.05) is 5.32 Å². The first-order valence-electron chi connectivity index (χ1n) is 4.74. The number of nitrogens with one attached hydrogen (secondary N) is 1. The summed E-state index contributed by atoms with van der Waals surface area (Å²) in [6, 6.07) is 2.75. The molecule has 0 heterocycles. The van der Waals surface area contributed by atoms with Crippen molar-refractivity contribution in [1.82, 2.24) is 5.32 Å². The number of hydrogen-bond donors (Lipinski definition) is 2. The largest absolute Gasteiger partial charge is 0.401 e. The van der Waals surface area contributed by atoms with Gasteiger partial charge in [0.2, 0.25) is 5.91 Å². The summed E-state index contributed by atoms with van der Waals surface area (Å²) in [5.41, 5.74) is 5.23. The molecular weight excluding hydrogens is 292 g/mol. The van der Waals surface area contributed by atoms with Crippen molar-refractivity contribution in [2.45, 2.75) is 12.2 Å². The summed E-state index contributed by atoms with van der Waals surface area (Å²) in [4.78, 5) is 11.1. The average Bonchev–Trinajstić information content (AvgIpc) is 2.13. The molecule has 3 nitrogen and oxygen atoms in total. The van der Waals surface area contributed by atoms with Gasteiger partial charge in [-0.25, -0.2) is 0 Å². The lowest BCUT2D eigenvalue weighted by Crippen LogP contribution is -2.39. The fourth-order valence-electron chi connectivity index (χ4n) is 1.34. The Morgan fingerprint density at radius 3 is 2.17 bits per heavy atom. The number of halogens is 5. The highest BCUT2D eigenvalue weighted by molar-refractivity contribution is 6.34. The van der Waals surface area contributed by atoms with Crippen LogP contribution in [0, 0.1) is 0 Å². The second-order valence-electron chi connectivity index (χ2n) is 3.53. The Hall–Kier alpha value is -0.980. The van der Waals surface area contributed by atoms with Gasteiger partial charge in [0.1, 0.15) is 6.04 Å². The number of rotatable bonds is 4. The Bertz CT molecular complexity index is 431. The molecule has 1 unspecified atom stereocenters. The number of alkyl halides is 3. The van der Waals surface area contributed by atoms with Gasteiger partial charge in [-0.2, -0.15) is 13.2 Å². The molecule has 8 heteroatoms. The van der Waals surface area contributed by atoms with Crippen LogP contribution in [0.2, 0.25) is 10.0 Å². The van der Waals surface area contributed by atoms with Crippen LogP contribution in [0.4, 0.5) is 13.2 Å². The molecule has 0 radical (unpaired) electrons. The Morgan fingerprint density at radius 2 is 1.78 bits per heavy atom. The molecule has 0 aliphatic carbocycles. The number of carbonyl (C=O) groups is 1. The average molecular weight is 301 g/mol. The van der Waals surface area contributed by atoms with Crippen LogP contribution in [0.25, 0.3) is 0 Å². The second-order valence-corrected chi connectivity index (χ2v) is 4.41. The number of nitrogens with two attached hydrogens (primary N) is 1. The van der Waals surface area contributed by atoms with Gasteiger partial charge < -0.3 is 5.73 Å². The lowest BCUT2D eigenvalue weighted by molar-refractivity contribution is -0.130. The molecule has 0 spiro atoms. The summed E-state index contributed by atoms with van der Waals surface area (Å²) in [6.45, 7) is -1.34. The summed E-state index contributed by atoms with van der Waals surface area (Å²) in [7, 11) is 0. The number of benzene rings is 1. The van der Waals surface area contributed by atoms with Crippen molar-refractivity contribution in [1.29, 1.82) is 0 Å². The Balaban J connectivity index is 2.94. The summed E-state index contributed by atoms with van der Waals surface area (Å²) in [6.07, 6.45) is -4.45. The van der Waals surface area contributed by atoms with Crippen molar-refractivity contribution in [3.63, 3.8) is 0 Å². The van der Waals surface area contributed by atoms with Crippen molar-refractivity contribution in [3.05, 3.63) is 33.8 Å². The van der Waals surface area contributed by atoms with Crippen LogP contribution in [0.3, 0.4) is 0 Å². The van der Waals surface area contributed by atoms with Crippen molar-refractivity contribution >= 4 is 29.1 Å². The first-order valence-corrected chi connectivity index (χ1v) is 5.50. The van der Waals surface area contributed by atoms with Crippen LogP contribution in [0.1, 0.15) is 11.6 Å². The van der Waals surface area contributed by atoms with Gasteiger partial charge in [-0.15, -0.1) is 0 Å². The highest BCUT2D eigenvalue weighted by atomic mass is 35.5. The van der Waals surface area contributed by atoms with E-state index in [4.69, 9.17) is 28.9 Å². The normalized spacial score (nSPS) is 13.4. The molecule has 0 fully saturated rings. The summed E-state index contributed by atoms with van der Waals surface area (Å²) in [5, 5.41) is 2.43. The van der Waals surface area contributed by atoms with E-state index in [1.54, 1.807) is 0 Å². The molecule has 1 rings (SSSR count). The van der Waals surface area contributed by atoms with Crippen LogP contribution in [-0.4, -0.2) is 18.6 Å². The van der Waals surface area contributed by atoms with E-state index in [0.717, 1.165) is 0 Å². The van der Waals surface area contributed by atoms with E-state index in [0.29, 0.717) is 0 Å². The van der Waals surface area contributed by atoms with Crippen LogP contribution < -0.4 is 11.1 Å². The third-order valence-electron chi connectivity index (χ3n) is 2.01. The second kappa shape index (κ2) is 5.77. The fraction of sp³-hybridized carbons (Fsp3) is 0.300. The first-order chi connectivity index (χ1) is 8.19. The van der Waals surface area contributed by atoms with Crippen molar-refractivity contribution in [2.75, 3.05) is 6.54 Å². The number of carbonyl (C=O) groups excluding carboxylic acids is 1. The molecule has 0 aliphatic rings. The number of primary amides is 1. The van der Waals surface area contributed by atoms with Gasteiger partial charge >= 0.3 is 6.18 Å². The molecule has 3 N–H and O–H groups in total. The zero-order valence-electron chi connectivity index (χ0n) is 8.89. The van der Waals surface area contributed by atoms with Crippen LogP contribution in [0.15, 0.2) is 18.2 Å². The van der Waals surface area contributed by atoms with Gasteiger partial charge in [-0.3, -0.25) is 10.1 Å². The Kier molecular flexibility index (Phi) is 4.84. The monoisotopic (exact) mass is 300 g/mol. The highest BCUT2D eigenvalue weighted by Crippen LogP contribution is 2.24. The zero-order chi connectivity index (χ0) is 13.9. The van der Waals surface area contributed by atoms with E-state index in [-0.39, 0.29) is 15.6 Å². The quantitative estimate of drug-likeness (QED) is 0.898. The molecule has 1 aromatic carbocycles. The maximum atomic E-state index is 12.1. The molecular formula is C10H9Cl2F3N2O. The van der Waals surface area contributed by atoms with Crippen LogP contribution >= 0.6 is 23.2 Å².